The van der Waals surface area contributed by atoms with Crippen molar-refractivity contribution < 1.29 is 4.79 Å². The average Bonchev–Trinajstić information content (AvgIpc) is 3.07. The Labute approximate surface area is 164 Å². The highest BCUT2D eigenvalue weighted by atomic mass is 32.2. The fourth-order valence-electron chi connectivity index (χ4n) is 3.56. The van der Waals surface area contributed by atoms with Crippen molar-refractivity contribution in [2.45, 2.75) is 50.9 Å². The lowest BCUT2D eigenvalue weighted by Crippen LogP contribution is -2.44. The van der Waals surface area contributed by atoms with Gasteiger partial charge in [0.25, 0.3) is 0 Å². The second-order valence-electron chi connectivity index (χ2n) is 7.18. The predicted octanol–water partition coefficient (Wildman–Crippen LogP) is 3.56. The Morgan fingerprint density at radius 1 is 1.41 bits per heavy atom. The molecule has 0 radical (unpaired) electrons. The molecule has 7 heteroatoms. The minimum Gasteiger partial charge on any atom is -0.352 e. The standard InChI is InChI=1S/C20H27N5OS/c1-4-11-25-19(16-8-6-10-21-12-16)23-24-20(25)27-13-18(26)22-17-9-5-7-14(2)15(17)3/h4,6,8,10,12,14-15,17H,1,5,7,9,11,13H2,2-3H3,(H,22,26). The van der Waals surface area contributed by atoms with Crippen LogP contribution in [0.1, 0.15) is 33.1 Å². The molecule has 1 saturated carbocycles. The van der Waals surface area contributed by atoms with Crippen molar-refractivity contribution >= 4 is 17.7 Å². The molecule has 2 aromatic rings. The molecule has 0 saturated heterocycles. The molecule has 3 atom stereocenters. The summed E-state index contributed by atoms with van der Waals surface area (Å²) in [5.41, 5.74) is 0.896. The van der Waals surface area contributed by atoms with Gasteiger partial charge in [-0.2, -0.15) is 0 Å². The minimum absolute atomic E-state index is 0.0574. The van der Waals surface area contributed by atoms with E-state index in [0.29, 0.717) is 29.3 Å². The number of carbonyl (C=O) groups excluding carboxylic acids is 1. The van der Waals surface area contributed by atoms with E-state index in [1.807, 2.05) is 16.7 Å². The normalized spacial score (nSPS) is 22.4. The highest BCUT2D eigenvalue weighted by molar-refractivity contribution is 7.99. The van der Waals surface area contributed by atoms with Crippen LogP contribution in [0, 0.1) is 11.8 Å². The molecule has 144 valence electrons. The number of carbonyl (C=O) groups is 1. The van der Waals surface area contributed by atoms with Gasteiger partial charge in [0, 0.05) is 30.5 Å². The van der Waals surface area contributed by atoms with Crippen molar-refractivity contribution in [3.8, 4) is 11.4 Å². The first-order valence-corrected chi connectivity index (χ1v) is 10.5. The second-order valence-corrected chi connectivity index (χ2v) is 8.12. The SMILES string of the molecule is C=CCn1c(SCC(=O)NC2CCCC(C)C2C)nnc1-c1cccnc1. The number of nitrogens with zero attached hydrogens (tertiary/aromatic N) is 4. The monoisotopic (exact) mass is 385 g/mol. The van der Waals surface area contributed by atoms with Crippen molar-refractivity contribution in [3.05, 3.63) is 37.2 Å². The molecule has 1 aliphatic rings. The van der Waals surface area contributed by atoms with Gasteiger partial charge in [-0.15, -0.1) is 16.8 Å². The van der Waals surface area contributed by atoms with Crippen molar-refractivity contribution in [3.63, 3.8) is 0 Å². The van der Waals surface area contributed by atoms with Crippen LogP contribution in [0.2, 0.25) is 0 Å². The van der Waals surface area contributed by atoms with Gasteiger partial charge in [-0.25, -0.2) is 0 Å². The number of rotatable bonds is 7. The quantitative estimate of drug-likeness (QED) is 0.583. The third kappa shape index (κ3) is 4.77. The van der Waals surface area contributed by atoms with Crippen molar-refractivity contribution in [1.29, 1.82) is 0 Å². The molecule has 3 rings (SSSR count). The Morgan fingerprint density at radius 3 is 3.00 bits per heavy atom. The first-order chi connectivity index (χ1) is 13.1. The number of thioether (sulfide) groups is 1. The predicted molar refractivity (Wildman–Crippen MR) is 108 cm³/mol. The van der Waals surface area contributed by atoms with E-state index in [0.717, 1.165) is 17.8 Å². The summed E-state index contributed by atoms with van der Waals surface area (Å²) >= 11 is 1.41. The summed E-state index contributed by atoms with van der Waals surface area (Å²) in [5, 5.41) is 12.5. The van der Waals surface area contributed by atoms with Crippen LogP contribution in [-0.4, -0.2) is 37.5 Å². The molecule has 0 bridgehead atoms. The van der Waals surface area contributed by atoms with Crippen LogP contribution < -0.4 is 5.32 Å². The van der Waals surface area contributed by atoms with Gasteiger partial charge in [-0.1, -0.05) is 44.5 Å². The van der Waals surface area contributed by atoms with E-state index in [-0.39, 0.29) is 11.9 Å². The molecule has 1 amide bonds. The Kier molecular flexibility index (Phi) is 6.66. The average molecular weight is 386 g/mol. The van der Waals surface area contributed by atoms with Gasteiger partial charge >= 0.3 is 0 Å². The van der Waals surface area contributed by atoms with E-state index >= 15 is 0 Å². The van der Waals surface area contributed by atoms with Crippen LogP contribution >= 0.6 is 11.8 Å². The summed E-state index contributed by atoms with van der Waals surface area (Å²) in [6.45, 7) is 8.91. The van der Waals surface area contributed by atoms with Gasteiger partial charge in [0.15, 0.2) is 11.0 Å². The van der Waals surface area contributed by atoms with Crippen LogP contribution in [-0.2, 0) is 11.3 Å². The maximum atomic E-state index is 12.5. The molecule has 0 spiro atoms. The number of hydrogen-bond acceptors (Lipinski definition) is 5. The Balaban J connectivity index is 1.64. The summed E-state index contributed by atoms with van der Waals surface area (Å²) in [6, 6.07) is 4.09. The summed E-state index contributed by atoms with van der Waals surface area (Å²) in [5.74, 6) is 2.31. The summed E-state index contributed by atoms with van der Waals surface area (Å²) in [6.07, 6.45) is 8.80. The van der Waals surface area contributed by atoms with Gasteiger partial charge in [0.2, 0.25) is 5.91 Å². The van der Waals surface area contributed by atoms with Crippen LogP contribution in [0.4, 0.5) is 0 Å². The molecule has 0 aliphatic heterocycles. The van der Waals surface area contributed by atoms with E-state index < -0.39 is 0 Å². The number of amides is 1. The molecular formula is C20H27N5OS. The van der Waals surface area contributed by atoms with Crippen LogP contribution in [0.15, 0.2) is 42.3 Å². The van der Waals surface area contributed by atoms with E-state index in [9.17, 15) is 4.79 Å². The van der Waals surface area contributed by atoms with Gasteiger partial charge in [0.05, 0.1) is 5.75 Å². The molecule has 1 N–H and O–H groups in total. The van der Waals surface area contributed by atoms with E-state index in [1.165, 1.54) is 24.6 Å². The lowest BCUT2D eigenvalue weighted by Gasteiger charge is -2.34. The number of aromatic nitrogens is 4. The largest absolute Gasteiger partial charge is 0.352 e. The summed E-state index contributed by atoms with van der Waals surface area (Å²) < 4.78 is 1.97. The van der Waals surface area contributed by atoms with E-state index in [2.05, 4.69) is 40.9 Å². The molecule has 0 aromatic carbocycles. The molecule has 6 nitrogen and oxygen atoms in total. The Morgan fingerprint density at radius 2 is 2.26 bits per heavy atom. The zero-order valence-electron chi connectivity index (χ0n) is 16.0. The summed E-state index contributed by atoms with van der Waals surface area (Å²) in [4.78, 5) is 16.6. The fourth-order valence-corrected chi connectivity index (χ4v) is 4.32. The van der Waals surface area contributed by atoms with Gasteiger partial charge in [-0.3, -0.25) is 14.3 Å². The highest BCUT2D eigenvalue weighted by Crippen LogP contribution is 2.30. The van der Waals surface area contributed by atoms with Crippen molar-refractivity contribution in [2.24, 2.45) is 11.8 Å². The van der Waals surface area contributed by atoms with E-state index in [1.54, 1.807) is 18.5 Å². The first-order valence-electron chi connectivity index (χ1n) is 9.46. The zero-order valence-corrected chi connectivity index (χ0v) is 16.8. The van der Waals surface area contributed by atoms with Crippen LogP contribution in [0.5, 0.6) is 0 Å². The lowest BCUT2D eigenvalue weighted by atomic mass is 9.78. The minimum atomic E-state index is 0.0574. The summed E-state index contributed by atoms with van der Waals surface area (Å²) in [7, 11) is 0. The van der Waals surface area contributed by atoms with Crippen molar-refractivity contribution in [1.82, 2.24) is 25.1 Å². The molecule has 1 aliphatic carbocycles. The van der Waals surface area contributed by atoms with E-state index in [4.69, 9.17) is 0 Å². The Hall–Kier alpha value is -2.15. The molecule has 1 fully saturated rings. The molecule has 2 heterocycles. The number of nitrogens with one attached hydrogen (secondary N) is 1. The highest BCUT2D eigenvalue weighted by Gasteiger charge is 2.28. The Bertz CT molecular complexity index is 776. The number of pyridine rings is 1. The molecular weight excluding hydrogens is 358 g/mol. The smallest absolute Gasteiger partial charge is 0.230 e. The topological polar surface area (TPSA) is 72.7 Å². The third-order valence-corrected chi connectivity index (χ3v) is 6.30. The third-order valence-electron chi connectivity index (χ3n) is 5.33. The molecule has 3 unspecified atom stereocenters. The van der Waals surface area contributed by atoms with Crippen LogP contribution in [0.3, 0.4) is 0 Å². The van der Waals surface area contributed by atoms with Crippen molar-refractivity contribution in [2.75, 3.05) is 5.75 Å². The molecule has 27 heavy (non-hydrogen) atoms. The lowest BCUT2D eigenvalue weighted by molar-refractivity contribution is -0.120. The first kappa shape index (κ1) is 19.6. The maximum Gasteiger partial charge on any atom is 0.230 e. The maximum absolute atomic E-state index is 12.5. The zero-order chi connectivity index (χ0) is 19.2. The van der Waals surface area contributed by atoms with Gasteiger partial charge < -0.3 is 5.32 Å². The second kappa shape index (κ2) is 9.17. The number of allylic oxidation sites excluding steroid dienone is 1. The van der Waals surface area contributed by atoms with Crippen LogP contribution in [0.25, 0.3) is 11.4 Å². The van der Waals surface area contributed by atoms with Gasteiger partial charge in [-0.05, 0) is 30.4 Å². The fraction of sp³-hybridized carbons (Fsp3) is 0.500. The van der Waals surface area contributed by atoms with Gasteiger partial charge in [0.1, 0.15) is 0 Å². The number of hydrogen-bond donors (Lipinski definition) is 1. The molecule has 2 aromatic heterocycles.